The maximum atomic E-state index is 12.8. The molecule has 0 spiro atoms. The molecule has 8 heteroatoms. The summed E-state index contributed by atoms with van der Waals surface area (Å²) in [6.45, 7) is 1.77. The number of carbonyl (C=O) groups is 1. The second-order valence-corrected chi connectivity index (χ2v) is 6.79. The van der Waals surface area contributed by atoms with Crippen LogP contribution in [0.4, 0.5) is 13.2 Å². The van der Waals surface area contributed by atoms with E-state index in [-0.39, 0.29) is 18.3 Å². The first-order valence-corrected chi connectivity index (χ1v) is 8.89. The van der Waals surface area contributed by atoms with Crippen LogP contribution < -0.4 is 4.74 Å². The Kier molecular flexibility index (Phi) is 4.77. The third-order valence-corrected chi connectivity index (χ3v) is 4.52. The fourth-order valence-corrected chi connectivity index (χ4v) is 3.14. The molecule has 0 aliphatic carbocycles. The lowest BCUT2D eigenvalue weighted by Gasteiger charge is -2.08. The van der Waals surface area contributed by atoms with Crippen molar-refractivity contribution in [2.45, 2.75) is 32.2 Å². The number of hydrogen-bond acceptors (Lipinski definition) is 5. The molecule has 1 aliphatic rings. The quantitative estimate of drug-likeness (QED) is 0.571. The highest BCUT2D eigenvalue weighted by atomic mass is 19.4. The largest absolute Gasteiger partial charge is 0.490 e. The van der Waals surface area contributed by atoms with Crippen molar-refractivity contribution in [1.29, 1.82) is 0 Å². The molecule has 1 atom stereocenters. The fraction of sp³-hybridized carbons (Fsp3) is 0.238. The summed E-state index contributed by atoms with van der Waals surface area (Å²) in [6.07, 6.45) is -3.60. The van der Waals surface area contributed by atoms with Gasteiger partial charge >= 0.3 is 12.1 Å². The number of hydrogen-bond donors (Lipinski definition) is 0. The van der Waals surface area contributed by atoms with Gasteiger partial charge in [-0.15, -0.1) is 0 Å². The molecule has 1 aromatic heterocycles. The average molecular weight is 403 g/mol. The van der Waals surface area contributed by atoms with Gasteiger partial charge in [0.15, 0.2) is 5.76 Å². The number of esters is 1. The third-order valence-electron chi connectivity index (χ3n) is 4.52. The zero-order chi connectivity index (χ0) is 20.6. The molecular formula is C21H16F3NO4. The van der Waals surface area contributed by atoms with E-state index in [1.165, 1.54) is 6.07 Å². The third kappa shape index (κ3) is 4.11. The normalized spacial score (nSPS) is 15.7. The van der Waals surface area contributed by atoms with Gasteiger partial charge in [-0.05, 0) is 48.9 Å². The van der Waals surface area contributed by atoms with Crippen molar-refractivity contribution in [2.75, 3.05) is 0 Å². The van der Waals surface area contributed by atoms with Gasteiger partial charge < -0.3 is 14.0 Å². The van der Waals surface area contributed by atoms with Crippen molar-refractivity contribution in [1.82, 2.24) is 5.16 Å². The Hall–Kier alpha value is -3.29. The molecular weight excluding hydrogens is 387 g/mol. The predicted octanol–water partition coefficient (Wildman–Crippen LogP) is 5.04. The number of rotatable bonds is 4. The van der Waals surface area contributed by atoms with Crippen LogP contribution in [0.3, 0.4) is 0 Å². The van der Waals surface area contributed by atoms with Crippen LogP contribution in [0.2, 0.25) is 0 Å². The maximum absolute atomic E-state index is 12.8. The minimum atomic E-state index is -4.53. The standard InChI is InChI=1S/C21H16F3NO4/c1-12-7-15-8-13(5-6-18(15)28-12)19-10-17(25-29-19)11-27-20(26)14-3-2-4-16(9-14)21(22,23)24/h2-6,8-10,12H,7,11H2,1H3. The molecule has 0 saturated carbocycles. The Bertz CT molecular complexity index is 1060. The molecule has 0 N–H and O–H groups in total. The van der Waals surface area contributed by atoms with Gasteiger partial charge in [0.25, 0.3) is 0 Å². The van der Waals surface area contributed by atoms with Crippen LogP contribution in [0, 0.1) is 0 Å². The molecule has 5 nitrogen and oxygen atoms in total. The van der Waals surface area contributed by atoms with E-state index < -0.39 is 17.7 Å². The zero-order valence-electron chi connectivity index (χ0n) is 15.3. The Morgan fingerprint density at radius 2 is 2.03 bits per heavy atom. The lowest BCUT2D eigenvalue weighted by Crippen LogP contribution is -2.09. The molecule has 4 rings (SSSR count). The molecule has 3 aromatic rings. The van der Waals surface area contributed by atoms with Crippen molar-refractivity contribution in [2.24, 2.45) is 0 Å². The maximum Gasteiger partial charge on any atom is 0.416 e. The van der Waals surface area contributed by atoms with Gasteiger partial charge in [0.1, 0.15) is 24.2 Å². The number of benzene rings is 2. The minimum Gasteiger partial charge on any atom is -0.490 e. The first-order chi connectivity index (χ1) is 13.8. The molecule has 0 saturated heterocycles. The van der Waals surface area contributed by atoms with Crippen LogP contribution in [-0.2, 0) is 23.9 Å². The Morgan fingerprint density at radius 1 is 1.21 bits per heavy atom. The SMILES string of the molecule is CC1Cc2cc(-c3cc(COC(=O)c4cccc(C(F)(F)F)c4)no3)ccc2O1. The zero-order valence-corrected chi connectivity index (χ0v) is 15.3. The van der Waals surface area contributed by atoms with Crippen LogP contribution >= 0.6 is 0 Å². The van der Waals surface area contributed by atoms with Gasteiger partial charge in [-0.1, -0.05) is 11.2 Å². The summed E-state index contributed by atoms with van der Waals surface area (Å²) in [5.74, 6) is 0.470. The summed E-state index contributed by atoms with van der Waals surface area (Å²) < 4.78 is 54.3. The first kappa shape index (κ1) is 19.0. The molecule has 0 radical (unpaired) electrons. The molecule has 0 amide bonds. The molecule has 0 bridgehead atoms. The first-order valence-electron chi connectivity index (χ1n) is 8.89. The summed E-state index contributed by atoms with van der Waals surface area (Å²) in [5.41, 5.74) is 1.14. The van der Waals surface area contributed by atoms with Crippen molar-refractivity contribution in [3.8, 4) is 17.1 Å². The van der Waals surface area contributed by atoms with Crippen LogP contribution in [0.15, 0.2) is 53.1 Å². The molecule has 150 valence electrons. The smallest absolute Gasteiger partial charge is 0.416 e. The van der Waals surface area contributed by atoms with E-state index in [1.807, 2.05) is 25.1 Å². The second kappa shape index (κ2) is 7.27. The summed E-state index contributed by atoms with van der Waals surface area (Å²) in [4.78, 5) is 12.1. The summed E-state index contributed by atoms with van der Waals surface area (Å²) in [6, 6.07) is 11.4. The molecule has 29 heavy (non-hydrogen) atoms. The van der Waals surface area contributed by atoms with Crippen LogP contribution in [0.5, 0.6) is 5.75 Å². The van der Waals surface area contributed by atoms with Crippen LogP contribution in [0.1, 0.15) is 34.1 Å². The molecule has 2 heterocycles. The lowest BCUT2D eigenvalue weighted by molar-refractivity contribution is -0.137. The Morgan fingerprint density at radius 3 is 2.83 bits per heavy atom. The number of alkyl halides is 3. The molecule has 0 fully saturated rings. The van der Waals surface area contributed by atoms with Gasteiger partial charge in [-0.2, -0.15) is 13.2 Å². The topological polar surface area (TPSA) is 61.6 Å². The number of carbonyl (C=O) groups excluding carboxylic acids is 1. The van der Waals surface area contributed by atoms with E-state index in [0.29, 0.717) is 11.5 Å². The second-order valence-electron chi connectivity index (χ2n) is 6.79. The van der Waals surface area contributed by atoms with Crippen LogP contribution in [0.25, 0.3) is 11.3 Å². The number of aromatic nitrogens is 1. The van der Waals surface area contributed by atoms with Crippen molar-refractivity contribution >= 4 is 5.97 Å². The van der Waals surface area contributed by atoms with Crippen molar-refractivity contribution in [3.05, 3.63) is 70.9 Å². The molecule has 1 aliphatic heterocycles. The fourth-order valence-electron chi connectivity index (χ4n) is 3.14. The number of halogens is 3. The van der Waals surface area contributed by atoms with Gasteiger partial charge in [0, 0.05) is 18.1 Å². The highest BCUT2D eigenvalue weighted by Gasteiger charge is 2.31. The number of ether oxygens (including phenoxy) is 2. The van der Waals surface area contributed by atoms with E-state index in [9.17, 15) is 18.0 Å². The van der Waals surface area contributed by atoms with Gasteiger partial charge in [0.2, 0.25) is 0 Å². The lowest BCUT2D eigenvalue weighted by atomic mass is 10.1. The number of nitrogens with zero attached hydrogens (tertiary/aromatic N) is 1. The highest BCUT2D eigenvalue weighted by molar-refractivity contribution is 5.89. The summed E-state index contributed by atoms with van der Waals surface area (Å²) in [5, 5.41) is 3.86. The van der Waals surface area contributed by atoms with E-state index in [2.05, 4.69) is 5.16 Å². The van der Waals surface area contributed by atoms with E-state index in [4.69, 9.17) is 14.0 Å². The van der Waals surface area contributed by atoms with E-state index in [0.717, 1.165) is 41.5 Å². The van der Waals surface area contributed by atoms with Gasteiger partial charge in [0.05, 0.1) is 11.1 Å². The van der Waals surface area contributed by atoms with Gasteiger partial charge in [-0.3, -0.25) is 0 Å². The summed E-state index contributed by atoms with van der Waals surface area (Å²) in [7, 11) is 0. The predicted molar refractivity (Wildman–Crippen MR) is 96.3 cm³/mol. The Labute approximate surface area is 164 Å². The van der Waals surface area contributed by atoms with Crippen molar-refractivity contribution < 1.29 is 32.0 Å². The minimum absolute atomic E-state index is 0.126. The van der Waals surface area contributed by atoms with Crippen LogP contribution in [-0.4, -0.2) is 17.2 Å². The summed E-state index contributed by atoms with van der Waals surface area (Å²) >= 11 is 0. The monoisotopic (exact) mass is 403 g/mol. The van der Waals surface area contributed by atoms with Crippen molar-refractivity contribution in [3.63, 3.8) is 0 Å². The molecule has 1 unspecified atom stereocenters. The average Bonchev–Trinajstić information content (AvgIpc) is 3.30. The molecule has 2 aromatic carbocycles. The Balaban J connectivity index is 1.43. The highest BCUT2D eigenvalue weighted by Crippen LogP contribution is 2.33. The van der Waals surface area contributed by atoms with E-state index >= 15 is 0 Å². The van der Waals surface area contributed by atoms with E-state index in [1.54, 1.807) is 6.07 Å². The number of fused-ring (bicyclic) bond motifs is 1. The van der Waals surface area contributed by atoms with Gasteiger partial charge in [-0.25, -0.2) is 4.79 Å².